The molecule has 1 aromatic carbocycles. The Kier molecular flexibility index (Phi) is 6.18. The Morgan fingerprint density at radius 1 is 1.08 bits per heavy atom. The normalized spacial score (nSPS) is 15.9. The van der Waals surface area contributed by atoms with Crippen molar-refractivity contribution in [2.75, 3.05) is 32.8 Å². The predicted octanol–water partition coefficient (Wildman–Crippen LogP) is 1.09. The van der Waals surface area contributed by atoms with E-state index in [4.69, 9.17) is 4.74 Å². The van der Waals surface area contributed by atoms with E-state index < -0.39 is 16.0 Å². The second-order valence-corrected chi connectivity index (χ2v) is 7.98. The molecule has 0 aliphatic carbocycles. The van der Waals surface area contributed by atoms with Crippen molar-refractivity contribution >= 4 is 21.9 Å². The van der Waals surface area contributed by atoms with Gasteiger partial charge < -0.3 is 9.64 Å². The largest absolute Gasteiger partial charge is 0.456 e. The zero-order chi connectivity index (χ0) is 18.6. The van der Waals surface area contributed by atoms with Crippen LogP contribution in [0.2, 0.25) is 0 Å². The molecule has 25 heavy (non-hydrogen) atoms. The highest BCUT2D eigenvalue weighted by molar-refractivity contribution is 7.89. The van der Waals surface area contributed by atoms with Gasteiger partial charge in [0.05, 0.1) is 4.90 Å². The summed E-state index contributed by atoms with van der Waals surface area (Å²) in [6.45, 7) is 6.19. The summed E-state index contributed by atoms with van der Waals surface area (Å²) in [7, 11) is -3.57. The Bertz CT molecular complexity index is 752. The minimum Gasteiger partial charge on any atom is -0.456 e. The zero-order valence-electron chi connectivity index (χ0n) is 14.8. The highest BCUT2D eigenvalue weighted by Crippen LogP contribution is 2.20. The van der Waals surface area contributed by atoms with E-state index in [0.717, 1.165) is 11.1 Å². The van der Waals surface area contributed by atoms with Gasteiger partial charge in [-0.15, -0.1) is 0 Å². The lowest BCUT2D eigenvalue weighted by atomic mass is 10.1. The molecule has 0 N–H and O–H groups in total. The second-order valence-electron chi connectivity index (χ2n) is 6.05. The van der Waals surface area contributed by atoms with E-state index in [9.17, 15) is 18.0 Å². The van der Waals surface area contributed by atoms with Gasteiger partial charge in [0.25, 0.3) is 5.91 Å². The standard InChI is InChI=1S/C17H24N2O5S/c1-4-17(21)24-12-16(20)18-7-9-19(10-8-18)25(22,23)15-6-5-13(2)14(3)11-15/h5-6,11H,4,7-10,12H2,1-3H3. The lowest BCUT2D eigenvalue weighted by molar-refractivity contribution is -0.152. The van der Waals surface area contributed by atoms with Crippen LogP contribution in [0.15, 0.2) is 23.1 Å². The molecular formula is C17H24N2O5S. The second kappa shape index (κ2) is 7.97. The molecule has 0 atom stereocenters. The maximum atomic E-state index is 12.7. The number of amides is 1. The van der Waals surface area contributed by atoms with Crippen LogP contribution in [0.3, 0.4) is 0 Å². The van der Waals surface area contributed by atoms with Crippen LogP contribution in [0.1, 0.15) is 24.5 Å². The van der Waals surface area contributed by atoms with Crippen molar-refractivity contribution in [3.8, 4) is 0 Å². The number of sulfonamides is 1. The van der Waals surface area contributed by atoms with Crippen LogP contribution < -0.4 is 0 Å². The molecule has 1 aliphatic rings. The smallest absolute Gasteiger partial charge is 0.306 e. The molecule has 1 amide bonds. The van der Waals surface area contributed by atoms with Gasteiger partial charge in [0.15, 0.2) is 6.61 Å². The van der Waals surface area contributed by atoms with Gasteiger partial charge in [0, 0.05) is 32.6 Å². The first-order chi connectivity index (χ1) is 11.8. The SMILES string of the molecule is CCC(=O)OCC(=O)N1CCN(S(=O)(=O)c2ccc(C)c(C)c2)CC1. The number of esters is 1. The molecule has 0 spiro atoms. The van der Waals surface area contributed by atoms with Crippen molar-refractivity contribution in [1.29, 1.82) is 0 Å². The molecular weight excluding hydrogens is 344 g/mol. The quantitative estimate of drug-likeness (QED) is 0.727. The minimum absolute atomic E-state index is 0.218. The lowest BCUT2D eigenvalue weighted by Crippen LogP contribution is -2.51. The van der Waals surface area contributed by atoms with Crippen molar-refractivity contribution < 1.29 is 22.7 Å². The summed E-state index contributed by atoms with van der Waals surface area (Å²) in [6, 6.07) is 5.08. The molecule has 138 valence electrons. The summed E-state index contributed by atoms with van der Waals surface area (Å²) in [5, 5.41) is 0. The summed E-state index contributed by atoms with van der Waals surface area (Å²) in [5.41, 5.74) is 1.96. The van der Waals surface area contributed by atoms with E-state index in [2.05, 4.69) is 0 Å². The Morgan fingerprint density at radius 3 is 2.28 bits per heavy atom. The zero-order valence-corrected chi connectivity index (χ0v) is 15.6. The molecule has 1 aromatic rings. The first kappa shape index (κ1) is 19.4. The van der Waals surface area contributed by atoms with Crippen LogP contribution in [0.4, 0.5) is 0 Å². The molecule has 0 unspecified atom stereocenters. The van der Waals surface area contributed by atoms with E-state index in [1.54, 1.807) is 25.1 Å². The van der Waals surface area contributed by atoms with Crippen molar-refractivity contribution in [2.24, 2.45) is 0 Å². The van der Waals surface area contributed by atoms with Crippen LogP contribution in [-0.4, -0.2) is 62.3 Å². The van der Waals surface area contributed by atoms with E-state index >= 15 is 0 Å². The van der Waals surface area contributed by atoms with Crippen molar-refractivity contribution in [2.45, 2.75) is 32.1 Å². The summed E-state index contributed by atoms with van der Waals surface area (Å²) in [6.07, 6.45) is 0.218. The highest BCUT2D eigenvalue weighted by atomic mass is 32.2. The number of benzene rings is 1. The Hall–Kier alpha value is -1.93. The molecule has 7 nitrogen and oxygen atoms in total. The van der Waals surface area contributed by atoms with Crippen LogP contribution in [0, 0.1) is 13.8 Å². The molecule has 1 aliphatic heterocycles. The third kappa shape index (κ3) is 4.58. The van der Waals surface area contributed by atoms with Crippen LogP contribution in [0.5, 0.6) is 0 Å². The molecule has 0 radical (unpaired) electrons. The van der Waals surface area contributed by atoms with Gasteiger partial charge in [0.2, 0.25) is 10.0 Å². The van der Waals surface area contributed by atoms with Gasteiger partial charge in [-0.05, 0) is 37.1 Å². The predicted molar refractivity (Wildman–Crippen MR) is 92.5 cm³/mol. The third-order valence-corrected chi connectivity index (χ3v) is 6.25. The summed E-state index contributed by atoms with van der Waals surface area (Å²) < 4.78 is 31.7. The fourth-order valence-electron chi connectivity index (χ4n) is 2.54. The minimum atomic E-state index is -3.57. The van der Waals surface area contributed by atoms with E-state index in [1.165, 1.54) is 9.21 Å². The van der Waals surface area contributed by atoms with E-state index in [1.807, 2.05) is 13.8 Å². The molecule has 1 fully saturated rings. The van der Waals surface area contributed by atoms with E-state index in [-0.39, 0.29) is 50.0 Å². The molecule has 0 saturated carbocycles. The van der Waals surface area contributed by atoms with Gasteiger partial charge in [0.1, 0.15) is 0 Å². The number of piperazine rings is 1. The van der Waals surface area contributed by atoms with Gasteiger partial charge >= 0.3 is 5.97 Å². The summed E-state index contributed by atoms with van der Waals surface area (Å²) in [5.74, 6) is -0.727. The van der Waals surface area contributed by atoms with Gasteiger partial charge in [-0.3, -0.25) is 9.59 Å². The maximum Gasteiger partial charge on any atom is 0.306 e. The number of rotatable bonds is 5. The number of carbonyl (C=O) groups is 2. The number of carbonyl (C=O) groups excluding carboxylic acids is 2. The lowest BCUT2D eigenvalue weighted by Gasteiger charge is -2.34. The number of ether oxygens (including phenoxy) is 1. The van der Waals surface area contributed by atoms with E-state index in [0.29, 0.717) is 0 Å². The highest BCUT2D eigenvalue weighted by Gasteiger charge is 2.30. The molecule has 2 rings (SSSR count). The summed E-state index contributed by atoms with van der Waals surface area (Å²) >= 11 is 0. The van der Waals surface area contributed by atoms with Gasteiger partial charge in [-0.1, -0.05) is 13.0 Å². The molecule has 1 heterocycles. The first-order valence-electron chi connectivity index (χ1n) is 8.26. The average molecular weight is 368 g/mol. The summed E-state index contributed by atoms with van der Waals surface area (Å²) in [4.78, 5) is 24.9. The molecule has 0 bridgehead atoms. The van der Waals surface area contributed by atoms with Crippen molar-refractivity contribution in [3.63, 3.8) is 0 Å². The molecule has 1 saturated heterocycles. The van der Waals surface area contributed by atoms with Gasteiger partial charge in [-0.25, -0.2) is 8.42 Å². The van der Waals surface area contributed by atoms with Crippen molar-refractivity contribution in [3.05, 3.63) is 29.3 Å². The van der Waals surface area contributed by atoms with Gasteiger partial charge in [-0.2, -0.15) is 4.31 Å². The first-order valence-corrected chi connectivity index (χ1v) is 9.70. The van der Waals surface area contributed by atoms with Crippen LogP contribution in [0.25, 0.3) is 0 Å². The Labute approximate surface area is 148 Å². The number of hydrogen-bond acceptors (Lipinski definition) is 5. The fraction of sp³-hybridized carbons (Fsp3) is 0.529. The Balaban J connectivity index is 1.97. The topological polar surface area (TPSA) is 84.0 Å². The number of nitrogens with zero attached hydrogens (tertiary/aromatic N) is 2. The fourth-order valence-corrected chi connectivity index (χ4v) is 4.04. The van der Waals surface area contributed by atoms with Crippen LogP contribution in [-0.2, 0) is 24.3 Å². The third-order valence-electron chi connectivity index (χ3n) is 4.35. The molecule has 0 aromatic heterocycles. The maximum absolute atomic E-state index is 12.7. The number of aryl methyl sites for hydroxylation is 2. The van der Waals surface area contributed by atoms with Crippen molar-refractivity contribution in [1.82, 2.24) is 9.21 Å². The Morgan fingerprint density at radius 2 is 1.72 bits per heavy atom. The average Bonchev–Trinajstić information content (AvgIpc) is 2.61. The molecule has 8 heteroatoms. The van der Waals surface area contributed by atoms with Crippen LogP contribution >= 0.6 is 0 Å². The monoisotopic (exact) mass is 368 g/mol. The number of hydrogen-bond donors (Lipinski definition) is 0.